The van der Waals surface area contributed by atoms with E-state index in [1.54, 1.807) is 0 Å². The Morgan fingerprint density at radius 1 is 0.667 bits per heavy atom. The van der Waals surface area contributed by atoms with Crippen LogP contribution in [0.2, 0.25) is 0 Å². The van der Waals surface area contributed by atoms with Crippen LogP contribution >= 0.6 is 0 Å². The lowest BCUT2D eigenvalue weighted by atomic mass is 10.0. The highest BCUT2D eigenvalue weighted by atomic mass is 14.0. The molecule has 0 spiro atoms. The molecule has 0 heteroatoms. The number of hydrogen-bond acceptors (Lipinski definition) is 0. The summed E-state index contributed by atoms with van der Waals surface area (Å²) < 4.78 is 0. The standard InChI is InChI=1S/C21H18/c1-18-9-3-4-10-19(2)12-8-16-21-14-6-5-13-20(17-21)15-7-11-18/h5-8,11-16H,17H2,1-2H3. The molecule has 0 amide bonds. The molecule has 21 heavy (non-hydrogen) atoms. The Hall–Kier alpha value is -2.70. The minimum absolute atomic E-state index is 0.928. The summed E-state index contributed by atoms with van der Waals surface area (Å²) in [6, 6.07) is 0. The average Bonchev–Trinajstić information content (AvgIpc) is 2.68. The zero-order valence-corrected chi connectivity index (χ0v) is 12.5. The topological polar surface area (TPSA) is 0 Å². The van der Waals surface area contributed by atoms with Gasteiger partial charge in [-0.15, -0.1) is 0 Å². The highest BCUT2D eigenvalue weighted by Crippen LogP contribution is 2.17. The van der Waals surface area contributed by atoms with Crippen molar-refractivity contribution in [2.75, 3.05) is 0 Å². The molecule has 0 heterocycles. The van der Waals surface area contributed by atoms with Gasteiger partial charge in [-0.05, 0) is 54.4 Å². The fourth-order valence-corrected chi connectivity index (χ4v) is 1.92. The molecule has 0 saturated heterocycles. The third-order valence-electron chi connectivity index (χ3n) is 3.03. The zero-order chi connectivity index (χ0) is 14.9. The summed E-state index contributed by atoms with van der Waals surface area (Å²) in [5, 5.41) is 0. The smallest absolute Gasteiger partial charge is 0.0000496 e. The van der Waals surface area contributed by atoms with Crippen LogP contribution in [0.4, 0.5) is 0 Å². The summed E-state index contributed by atoms with van der Waals surface area (Å²) in [4.78, 5) is 0. The second kappa shape index (κ2) is 7.78. The van der Waals surface area contributed by atoms with Gasteiger partial charge in [0.1, 0.15) is 0 Å². The lowest BCUT2D eigenvalue weighted by Gasteiger charge is -2.01. The van der Waals surface area contributed by atoms with Crippen LogP contribution in [-0.2, 0) is 0 Å². The molecule has 0 N–H and O–H groups in total. The Labute approximate surface area is 127 Å². The van der Waals surface area contributed by atoms with Crippen LogP contribution in [0.3, 0.4) is 0 Å². The van der Waals surface area contributed by atoms with Gasteiger partial charge in [-0.25, -0.2) is 0 Å². The highest BCUT2D eigenvalue weighted by molar-refractivity contribution is 5.44. The first-order valence-electron chi connectivity index (χ1n) is 7.02. The average molecular weight is 270 g/mol. The van der Waals surface area contributed by atoms with E-state index >= 15 is 0 Å². The number of rotatable bonds is 0. The van der Waals surface area contributed by atoms with Gasteiger partial charge in [0.25, 0.3) is 0 Å². The molecule has 0 radical (unpaired) electrons. The van der Waals surface area contributed by atoms with Crippen molar-refractivity contribution in [3.05, 3.63) is 83.1 Å². The summed E-state index contributed by atoms with van der Waals surface area (Å²) in [7, 11) is 0. The normalized spacial score (nSPS) is 17.4. The minimum atomic E-state index is 0.928. The van der Waals surface area contributed by atoms with Crippen LogP contribution in [0.1, 0.15) is 20.3 Å². The van der Waals surface area contributed by atoms with E-state index in [9.17, 15) is 0 Å². The first kappa shape index (κ1) is 14.7. The fraction of sp³-hybridized carbons (Fsp3) is 0.143. The van der Waals surface area contributed by atoms with Gasteiger partial charge in [-0.1, -0.05) is 72.6 Å². The van der Waals surface area contributed by atoms with Crippen molar-refractivity contribution in [3.63, 3.8) is 0 Å². The largest absolute Gasteiger partial charge is 0.0620 e. The van der Waals surface area contributed by atoms with Gasteiger partial charge < -0.3 is 0 Å². The molecule has 0 aromatic carbocycles. The molecule has 0 fully saturated rings. The molecule has 2 bridgehead atoms. The molecule has 102 valence electrons. The Bertz CT molecular complexity index is 669. The van der Waals surface area contributed by atoms with Gasteiger partial charge >= 0.3 is 0 Å². The summed E-state index contributed by atoms with van der Waals surface area (Å²) >= 11 is 0. The van der Waals surface area contributed by atoms with Gasteiger partial charge in [0.15, 0.2) is 0 Å². The van der Waals surface area contributed by atoms with Crippen LogP contribution in [0, 0.1) is 23.7 Å². The first-order valence-corrected chi connectivity index (χ1v) is 7.02. The van der Waals surface area contributed by atoms with E-state index in [4.69, 9.17) is 0 Å². The Morgan fingerprint density at radius 3 is 1.62 bits per heavy atom. The first-order chi connectivity index (χ1) is 10.2. The number of allylic oxidation sites excluding steroid dienone is 14. The van der Waals surface area contributed by atoms with Crippen LogP contribution in [0.15, 0.2) is 83.1 Å². The molecule has 0 atom stereocenters. The molecule has 0 saturated carbocycles. The molecular weight excluding hydrogens is 252 g/mol. The van der Waals surface area contributed by atoms with E-state index < -0.39 is 0 Å². The van der Waals surface area contributed by atoms with E-state index in [1.807, 2.05) is 38.2 Å². The maximum Gasteiger partial charge on any atom is -0.0000496 e. The Kier molecular flexibility index (Phi) is 5.45. The monoisotopic (exact) mass is 270 g/mol. The fourth-order valence-electron chi connectivity index (χ4n) is 1.92. The van der Waals surface area contributed by atoms with Gasteiger partial charge in [-0.2, -0.15) is 0 Å². The second-order valence-electron chi connectivity index (χ2n) is 4.96. The highest BCUT2D eigenvalue weighted by Gasteiger charge is 1.98. The molecule has 0 aliphatic heterocycles. The number of fused-ring (bicyclic) bond motifs is 2. The molecule has 2 aliphatic rings. The van der Waals surface area contributed by atoms with Crippen LogP contribution in [-0.4, -0.2) is 0 Å². The maximum atomic E-state index is 3.04. The van der Waals surface area contributed by atoms with Gasteiger partial charge in [0.05, 0.1) is 0 Å². The number of hydrogen-bond donors (Lipinski definition) is 0. The molecule has 0 aromatic heterocycles. The van der Waals surface area contributed by atoms with Gasteiger partial charge in [-0.3, -0.25) is 0 Å². The van der Waals surface area contributed by atoms with Gasteiger partial charge in [0.2, 0.25) is 0 Å². The Balaban J connectivity index is 2.39. The second-order valence-corrected chi connectivity index (χ2v) is 4.96. The predicted molar refractivity (Wildman–Crippen MR) is 91.3 cm³/mol. The van der Waals surface area contributed by atoms with Crippen molar-refractivity contribution in [2.45, 2.75) is 20.3 Å². The summed E-state index contributed by atoms with van der Waals surface area (Å²) in [6.07, 6.45) is 21.8. The molecule has 0 unspecified atom stereocenters. The van der Waals surface area contributed by atoms with E-state index in [0.717, 1.165) is 17.6 Å². The van der Waals surface area contributed by atoms with Gasteiger partial charge in [0, 0.05) is 0 Å². The maximum absolute atomic E-state index is 3.04. The lowest BCUT2D eigenvalue weighted by Crippen LogP contribution is -1.81. The van der Waals surface area contributed by atoms with Crippen LogP contribution < -0.4 is 0 Å². The molecular formula is C21H18. The van der Waals surface area contributed by atoms with Crippen molar-refractivity contribution in [1.82, 2.24) is 0 Å². The molecule has 0 aromatic rings. The van der Waals surface area contributed by atoms with Crippen molar-refractivity contribution < 1.29 is 0 Å². The summed E-state index contributed by atoms with van der Waals surface area (Å²) in [5.74, 6) is 11.8. The van der Waals surface area contributed by atoms with Crippen molar-refractivity contribution >= 4 is 0 Å². The van der Waals surface area contributed by atoms with E-state index in [0.29, 0.717) is 0 Å². The van der Waals surface area contributed by atoms with Crippen molar-refractivity contribution in [1.29, 1.82) is 0 Å². The van der Waals surface area contributed by atoms with E-state index in [2.05, 4.69) is 60.1 Å². The summed E-state index contributed by atoms with van der Waals surface area (Å²) in [6.45, 7) is 3.99. The molecule has 2 rings (SSSR count). The van der Waals surface area contributed by atoms with Crippen molar-refractivity contribution in [3.8, 4) is 23.7 Å². The predicted octanol–water partition coefficient (Wildman–Crippen LogP) is 4.82. The third kappa shape index (κ3) is 5.43. The van der Waals surface area contributed by atoms with E-state index in [-0.39, 0.29) is 0 Å². The summed E-state index contributed by atoms with van der Waals surface area (Å²) in [5.41, 5.74) is 4.58. The molecule has 2 aliphatic carbocycles. The Morgan fingerprint density at radius 2 is 1.14 bits per heavy atom. The van der Waals surface area contributed by atoms with Crippen molar-refractivity contribution in [2.24, 2.45) is 0 Å². The third-order valence-corrected chi connectivity index (χ3v) is 3.03. The molecule has 0 nitrogen and oxygen atoms in total. The van der Waals surface area contributed by atoms with E-state index in [1.165, 1.54) is 11.1 Å². The van der Waals surface area contributed by atoms with Crippen LogP contribution in [0.25, 0.3) is 0 Å². The minimum Gasteiger partial charge on any atom is -0.0620 e. The zero-order valence-electron chi connectivity index (χ0n) is 12.5. The lowest BCUT2D eigenvalue weighted by molar-refractivity contribution is 1.21. The SMILES string of the molecule is CC1=CC=CC2=CC=CC=C(C=CC=C(C)C#CC#C1)C2. The van der Waals surface area contributed by atoms with Crippen LogP contribution in [0.5, 0.6) is 0 Å². The quantitative estimate of drug-likeness (QED) is 0.553.